The number of aromatic amines is 1. The summed E-state index contributed by atoms with van der Waals surface area (Å²) in [6, 6.07) is 2.09. The number of phenols is 1. The maximum atomic E-state index is 16.1. The third kappa shape index (κ3) is 35.5. The average molecular weight is 2040 g/mol. The Bertz CT molecular complexity index is 5260. The van der Waals surface area contributed by atoms with E-state index < -0.39 is 236 Å². The number of carboxylic acids is 2. The zero-order chi connectivity index (χ0) is 106. The van der Waals surface area contributed by atoms with Gasteiger partial charge in [0.25, 0.3) is 0 Å². The third-order valence-electron chi connectivity index (χ3n) is 27.3. The second-order valence-corrected chi connectivity index (χ2v) is 40.8. The number of nitrogens with two attached hydrogens (primary N) is 3. The molecule has 0 saturated carbocycles. The number of ketones is 2. The minimum absolute atomic E-state index is 0.00196. The van der Waals surface area contributed by atoms with Crippen molar-refractivity contribution in [3.63, 3.8) is 0 Å². The summed E-state index contributed by atoms with van der Waals surface area (Å²) in [4.78, 5) is 273. The van der Waals surface area contributed by atoms with Crippen molar-refractivity contribution in [2.45, 2.75) is 320 Å². The van der Waals surface area contributed by atoms with Crippen molar-refractivity contribution in [1.82, 2.24) is 76.6 Å². The first-order valence-corrected chi connectivity index (χ1v) is 52.4. The number of fused-ring (bicyclic) bond motifs is 4. The molecule has 5 aromatic rings. The lowest BCUT2D eigenvalue weighted by atomic mass is 9.92. The lowest BCUT2D eigenvalue weighted by Gasteiger charge is -2.36. The molecule has 3 aromatic carbocycles. The number of rotatable bonds is 37. The van der Waals surface area contributed by atoms with E-state index in [-0.39, 0.29) is 126 Å². The van der Waals surface area contributed by atoms with Crippen LogP contribution in [0.1, 0.15) is 232 Å². The van der Waals surface area contributed by atoms with E-state index in [1.807, 2.05) is 27.7 Å². The first-order valence-electron chi connectivity index (χ1n) is 51.2. The number of aromatic hydroxyl groups is 1. The number of para-hydroxylation sites is 2. The quantitative estimate of drug-likeness (QED) is 0.0237. The van der Waals surface area contributed by atoms with Gasteiger partial charge in [0.05, 0.1) is 30.2 Å². The smallest absolute Gasteiger partial charge is 0.323 e. The predicted molar refractivity (Wildman–Crippen MR) is 546 cm³/mol. The molecule has 15 atom stereocenters. The molecule has 145 heavy (non-hydrogen) atoms. The van der Waals surface area contributed by atoms with Gasteiger partial charge < -0.3 is 114 Å². The number of hydrogen-bond donors (Lipinski definition) is 16. The molecule has 0 unspecified atom stereocenters. The van der Waals surface area contributed by atoms with Crippen LogP contribution >= 0.6 is 11.8 Å². The zero-order valence-electron chi connectivity index (χ0n) is 85.5. The van der Waals surface area contributed by atoms with Crippen LogP contribution in [0, 0.1) is 23.7 Å². The number of carboxylic acid groups (broad SMARTS) is 2. The van der Waals surface area contributed by atoms with Gasteiger partial charge in [-0.3, -0.25) is 86.3 Å². The molecule has 19 N–H and O–H groups in total. The maximum Gasteiger partial charge on any atom is 0.323 e. The van der Waals surface area contributed by atoms with E-state index >= 15 is 43.2 Å². The number of likely N-dealkylation sites (N-methyl/N-ethyl adjacent to an activating group) is 3. The second-order valence-electron chi connectivity index (χ2n) is 39.7. The average Bonchev–Trinajstić information content (AvgIpc) is 1.69. The Morgan fingerprint density at radius 2 is 1.10 bits per heavy atom. The number of carbonyl (C=O) groups excluding carboxylic acids is 16. The van der Waals surface area contributed by atoms with E-state index in [9.17, 15) is 58.5 Å². The maximum absolute atomic E-state index is 16.1. The Hall–Kier alpha value is -12.4. The van der Waals surface area contributed by atoms with Crippen LogP contribution in [0.2, 0.25) is 0 Å². The number of thioether (sulfide) groups is 1. The standard InChI is InChI=1S/C104H154N18O22S/c1-11-13-33-85-98(138)111-77(46-62(3)4)96(136)116-82(94(134)108-44-28-22-20-18-16-15-17-19-21-23-37-90(128)129)61-145-60-72(125)49-66(48-65-38-40-70(123)41-39-65)100(140)117(8)64(7)92(132)113-81(54-89(107)127)102(142)121-45-29-36-84(121)88(126)52-67(55-106)93(133)114-79(47-63(5)6)103(143)122-58-71(124)53-87(122)99(139)112-78(50-68-56-109-75-32-26-24-30-73(68)75)97(137)110-76(42-43-105)95(135)115-80(101(141)119(10)86(34-14-12-2)104(144)118(85)9)51-69-57-120(59-91(130)131)83-35-27-25-31-74(69)83/h24-27,30-32,35,38-41,56-57,62-64,66-67,71,76-82,84-87,109,123-124H,11-23,28-29,33-34,36-37,42-55,58-61,105-106H2,1-10H3,(H2,107,127)(H,108,134)(H,110,137)(H,111,138)(H,112,139)(H,113,132)(H,114,133)(H,115,135)(H,116,136)(H,128,129)(H,130,131)/t64-,66+,67-,71+,76-,77-,78-,79-,80-,81-,82-,84-,85-,86-,87-/m0/s1. The van der Waals surface area contributed by atoms with Gasteiger partial charge >= 0.3 is 11.9 Å². The highest BCUT2D eigenvalue weighted by Crippen LogP contribution is 2.31. The number of unbranched alkanes of at least 4 members (excludes halogenated alkanes) is 11. The van der Waals surface area contributed by atoms with E-state index in [1.54, 1.807) is 80.7 Å². The highest BCUT2D eigenvalue weighted by molar-refractivity contribution is 8.00. The SMILES string of the molecule is CCCC[C@H]1C(=O)N(C)[C@@H](CCCC)C(=O)N[C@@H](CC(C)C)C(=O)N[C@H](C(=O)NCCCCCCCCCCCCC(=O)O)CSCC(=O)C[C@@H](Cc2ccc(O)cc2)C(=O)N(C)[C@@H](C)C(=O)N[C@@H](CC(N)=O)C(=O)N2CCC[C@H]2C(=O)C[C@@H](CN)C(=O)N[C@@H](CC(C)C)C(=O)N2C[C@H](O)C[C@H]2C(=O)N[C@@H](Cc2c[nH]c3ccccc23)C(=O)N[C@@H](CCN)C(=O)N[C@@H](Cc2cn(CC(=O)O)c3ccccc23)C(=O)N1C. The summed E-state index contributed by atoms with van der Waals surface area (Å²) in [7, 11) is 4.07. The third-order valence-corrected chi connectivity index (χ3v) is 28.4. The van der Waals surface area contributed by atoms with Gasteiger partial charge in [0.1, 0.15) is 84.5 Å². The van der Waals surface area contributed by atoms with Crippen molar-refractivity contribution in [2.75, 3.05) is 65.4 Å². The number of aliphatic hydroxyl groups is 1. The molecule has 3 fully saturated rings. The van der Waals surface area contributed by atoms with Gasteiger partial charge in [-0.25, -0.2) is 0 Å². The fraction of sp³-hybridized carbons (Fsp3) is 0.615. The lowest BCUT2D eigenvalue weighted by Crippen LogP contribution is -2.61. The van der Waals surface area contributed by atoms with Crippen LogP contribution in [-0.2, 0) is 112 Å². The second kappa shape index (κ2) is 58.7. The number of aromatic nitrogens is 2. The highest BCUT2D eigenvalue weighted by atomic mass is 32.2. The van der Waals surface area contributed by atoms with Crippen LogP contribution in [0.3, 0.4) is 0 Å². The van der Waals surface area contributed by atoms with Crippen LogP contribution in [0.15, 0.2) is 85.2 Å². The molecule has 5 heterocycles. The normalized spacial score (nSPS) is 24.1. The molecule has 3 saturated heterocycles. The van der Waals surface area contributed by atoms with Gasteiger partial charge in [-0.05, 0) is 130 Å². The van der Waals surface area contributed by atoms with Gasteiger partial charge in [-0.15, -0.1) is 0 Å². The summed E-state index contributed by atoms with van der Waals surface area (Å²) >= 11 is 0.969. The van der Waals surface area contributed by atoms with Gasteiger partial charge in [0.2, 0.25) is 82.7 Å². The molecule has 0 spiro atoms. The van der Waals surface area contributed by atoms with E-state index in [4.69, 9.17) is 22.3 Å². The number of primary amides is 1. The van der Waals surface area contributed by atoms with E-state index in [1.165, 1.54) is 60.8 Å². The molecule has 798 valence electrons. The van der Waals surface area contributed by atoms with Crippen molar-refractivity contribution in [3.8, 4) is 5.75 Å². The number of phenolic OH excluding ortho intramolecular Hbond substituents is 1. The zero-order valence-corrected chi connectivity index (χ0v) is 86.3. The van der Waals surface area contributed by atoms with E-state index in [2.05, 4.69) is 47.5 Å². The molecule has 3 aliphatic heterocycles. The number of nitrogens with zero attached hydrogens (tertiary/aromatic N) is 6. The number of Topliss-reactive ketones (excluding diaryl/α,β-unsaturated/α-hetero) is 2. The summed E-state index contributed by atoms with van der Waals surface area (Å²) in [6.07, 6.45) is 9.15. The van der Waals surface area contributed by atoms with Crippen LogP contribution in [0.25, 0.3) is 21.8 Å². The number of aliphatic hydroxyl groups excluding tert-OH is 1. The Kier molecular flexibility index (Phi) is 47.7. The molecule has 0 bridgehead atoms. The highest BCUT2D eigenvalue weighted by Gasteiger charge is 2.47. The minimum atomic E-state index is -1.72. The number of hydrogen-bond acceptors (Lipinski definition) is 23. The van der Waals surface area contributed by atoms with Crippen LogP contribution in [-0.4, -0.2) is 305 Å². The Balaban J connectivity index is 1.19. The Morgan fingerprint density at radius 3 is 1.73 bits per heavy atom. The van der Waals surface area contributed by atoms with E-state index in [0.29, 0.717) is 77.0 Å². The predicted octanol–water partition coefficient (Wildman–Crippen LogP) is 4.83. The van der Waals surface area contributed by atoms with Gasteiger partial charge in [-0.1, -0.05) is 167 Å². The Labute approximate surface area is 852 Å². The molecule has 0 aliphatic carbocycles. The monoisotopic (exact) mass is 2040 g/mol. The van der Waals surface area contributed by atoms with Crippen LogP contribution in [0.5, 0.6) is 5.75 Å². The van der Waals surface area contributed by atoms with Crippen molar-refractivity contribution in [3.05, 3.63) is 102 Å². The topological polar surface area (TPSA) is 599 Å². The van der Waals surface area contributed by atoms with E-state index in [0.717, 1.165) is 77.8 Å². The Morgan fingerprint density at radius 1 is 0.531 bits per heavy atom. The largest absolute Gasteiger partial charge is 0.508 e. The molecule has 3 aliphatic rings. The molecular formula is C104H154N18O22S. The summed E-state index contributed by atoms with van der Waals surface area (Å²) < 4.78 is 1.46. The molecule has 8 rings (SSSR count). The van der Waals surface area contributed by atoms with Crippen molar-refractivity contribution in [2.24, 2.45) is 40.9 Å². The summed E-state index contributed by atoms with van der Waals surface area (Å²) in [5.41, 5.74) is 20.8. The number of H-pyrrole nitrogens is 1. The lowest BCUT2D eigenvalue weighted by molar-refractivity contribution is -0.149. The molecule has 41 heteroatoms. The van der Waals surface area contributed by atoms with Crippen LogP contribution in [0.4, 0.5) is 0 Å². The number of carbonyl (C=O) groups is 18. The molecule has 14 amide bonds. The van der Waals surface area contributed by atoms with Crippen molar-refractivity contribution < 1.29 is 107 Å². The fourth-order valence-electron chi connectivity index (χ4n) is 19.2. The molecule has 0 radical (unpaired) electrons. The van der Waals surface area contributed by atoms with Gasteiger partial charge in [0.15, 0.2) is 5.78 Å². The van der Waals surface area contributed by atoms with Crippen molar-refractivity contribution in [1.29, 1.82) is 0 Å². The fourth-order valence-corrected chi connectivity index (χ4v) is 20.1. The number of aliphatic carboxylic acids is 2. The summed E-state index contributed by atoms with van der Waals surface area (Å²) in [5.74, 6) is -19.0. The van der Waals surface area contributed by atoms with Crippen molar-refractivity contribution >= 4 is 140 Å². The number of amides is 14. The minimum Gasteiger partial charge on any atom is -0.508 e. The number of benzene rings is 3. The van der Waals surface area contributed by atoms with Gasteiger partial charge in [-0.2, -0.15) is 11.8 Å². The first kappa shape index (κ1) is 118. The number of nitrogens with one attached hydrogen (secondary N) is 9. The van der Waals surface area contributed by atoms with Crippen LogP contribution < -0.4 is 59.7 Å². The first-order chi connectivity index (χ1) is 69.1. The van der Waals surface area contributed by atoms with Gasteiger partial charge in [0, 0.05) is 132 Å². The molecule has 2 aromatic heterocycles. The molecule has 40 nitrogen and oxygen atoms in total. The summed E-state index contributed by atoms with van der Waals surface area (Å²) in [6.45, 7) is 10.7. The molecular weight excluding hydrogens is 1890 g/mol. The summed E-state index contributed by atoms with van der Waals surface area (Å²) in [5, 5.41) is 64.6.